The van der Waals surface area contributed by atoms with Gasteiger partial charge in [-0.3, -0.25) is 14.4 Å². The summed E-state index contributed by atoms with van der Waals surface area (Å²) >= 11 is 0. The molecule has 178 valence electrons. The zero-order chi connectivity index (χ0) is 25.3. The van der Waals surface area contributed by atoms with Gasteiger partial charge in [-0.15, -0.1) is 0 Å². The fourth-order valence-electron chi connectivity index (χ4n) is 3.34. The van der Waals surface area contributed by atoms with E-state index >= 15 is 0 Å². The highest BCUT2D eigenvalue weighted by molar-refractivity contribution is 7.90. The summed E-state index contributed by atoms with van der Waals surface area (Å²) in [5.41, 5.74) is 1.57. The van der Waals surface area contributed by atoms with Gasteiger partial charge < -0.3 is 10.6 Å². The second-order valence-corrected chi connectivity index (χ2v) is 9.82. The molecule has 0 spiro atoms. The largest absolute Gasteiger partial charge is 0.341 e. The zero-order valence-corrected chi connectivity index (χ0v) is 19.5. The van der Waals surface area contributed by atoms with Gasteiger partial charge in [0.1, 0.15) is 12.6 Å². The molecule has 0 heterocycles. The van der Waals surface area contributed by atoms with Gasteiger partial charge in [0.25, 0.3) is 5.91 Å². The van der Waals surface area contributed by atoms with Crippen molar-refractivity contribution in [3.63, 3.8) is 0 Å². The summed E-state index contributed by atoms with van der Waals surface area (Å²) in [4.78, 5) is 37.9. The molecule has 0 aliphatic carbocycles. The van der Waals surface area contributed by atoms with Crippen molar-refractivity contribution in [2.45, 2.75) is 11.8 Å². The molecule has 0 aliphatic heterocycles. The fraction of sp³-hybridized carbons (Fsp3) is 0.154. The molecule has 2 amide bonds. The standard InChI is InChI=1S/C26H23N3O5S/c27-15-16-28-26(32)23(18-35(33,34)17-19-7-3-1-4-8-19)29-25(31)22-13-11-21(12-14-22)24(30)20-9-5-2-6-10-20/h1-14,23H,16-18H2,(H,28,32)(H,29,31). The van der Waals surface area contributed by atoms with Gasteiger partial charge in [-0.2, -0.15) is 5.26 Å². The van der Waals surface area contributed by atoms with Gasteiger partial charge in [0.2, 0.25) is 5.91 Å². The number of hydrogen-bond donors (Lipinski definition) is 2. The van der Waals surface area contributed by atoms with Crippen molar-refractivity contribution in [3.8, 4) is 6.07 Å². The Morgan fingerprint density at radius 2 is 1.34 bits per heavy atom. The van der Waals surface area contributed by atoms with E-state index in [1.807, 2.05) is 0 Å². The minimum Gasteiger partial charge on any atom is -0.341 e. The van der Waals surface area contributed by atoms with Gasteiger partial charge in [0.15, 0.2) is 15.6 Å². The number of carbonyl (C=O) groups is 3. The SMILES string of the molecule is N#CCNC(=O)C(CS(=O)(=O)Cc1ccccc1)NC(=O)c1ccc(C(=O)c2ccccc2)cc1. The molecule has 1 unspecified atom stereocenters. The third-order valence-electron chi connectivity index (χ3n) is 5.06. The Bertz CT molecular complexity index is 1330. The molecule has 3 rings (SSSR count). The third kappa shape index (κ3) is 7.35. The topological polar surface area (TPSA) is 133 Å². The number of nitrogens with one attached hydrogen (secondary N) is 2. The molecular formula is C26H23N3O5S. The second kappa shape index (κ2) is 11.7. The van der Waals surface area contributed by atoms with Gasteiger partial charge in [-0.1, -0.05) is 72.8 Å². The monoisotopic (exact) mass is 489 g/mol. The normalized spacial score (nSPS) is 11.6. The van der Waals surface area contributed by atoms with Crippen molar-refractivity contribution in [1.29, 1.82) is 5.26 Å². The lowest BCUT2D eigenvalue weighted by molar-refractivity contribution is -0.122. The van der Waals surface area contributed by atoms with Crippen molar-refractivity contribution in [1.82, 2.24) is 10.6 Å². The maximum absolute atomic E-state index is 12.8. The number of benzene rings is 3. The van der Waals surface area contributed by atoms with E-state index in [9.17, 15) is 22.8 Å². The number of nitriles is 1. The van der Waals surface area contributed by atoms with Gasteiger partial charge in [0.05, 0.1) is 17.6 Å². The third-order valence-corrected chi connectivity index (χ3v) is 6.67. The van der Waals surface area contributed by atoms with Crippen LogP contribution in [0.3, 0.4) is 0 Å². The Morgan fingerprint density at radius 1 is 0.800 bits per heavy atom. The van der Waals surface area contributed by atoms with E-state index in [0.717, 1.165) is 0 Å². The molecule has 3 aromatic carbocycles. The second-order valence-electron chi connectivity index (χ2n) is 7.71. The summed E-state index contributed by atoms with van der Waals surface area (Å²) < 4.78 is 25.5. The van der Waals surface area contributed by atoms with E-state index in [2.05, 4.69) is 10.6 Å². The van der Waals surface area contributed by atoms with Crippen molar-refractivity contribution in [2.24, 2.45) is 0 Å². The number of ketones is 1. The van der Waals surface area contributed by atoms with Crippen molar-refractivity contribution >= 4 is 27.4 Å². The number of nitrogens with zero attached hydrogens (tertiary/aromatic N) is 1. The molecule has 8 nitrogen and oxygen atoms in total. The number of hydrogen-bond acceptors (Lipinski definition) is 6. The zero-order valence-electron chi connectivity index (χ0n) is 18.7. The average Bonchev–Trinajstić information content (AvgIpc) is 2.87. The number of amides is 2. The molecule has 0 aromatic heterocycles. The van der Waals surface area contributed by atoms with Crippen LogP contribution >= 0.6 is 0 Å². The lowest BCUT2D eigenvalue weighted by Crippen LogP contribution is -2.50. The Hall–Kier alpha value is -4.29. The first kappa shape index (κ1) is 25.3. The van der Waals surface area contributed by atoms with Gasteiger partial charge in [-0.25, -0.2) is 8.42 Å². The molecule has 0 saturated carbocycles. The summed E-state index contributed by atoms with van der Waals surface area (Å²) in [6.07, 6.45) is 0. The highest BCUT2D eigenvalue weighted by Crippen LogP contribution is 2.12. The van der Waals surface area contributed by atoms with Crippen LogP contribution in [-0.2, 0) is 20.4 Å². The summed E-state index contributed by atoms with van der Waals surface area (Å²) in [7, 11) is -3.78. The van der Waals surface area contributed by atoms with E-state index in [4.69, 9.17) is 5.26 Å². The first-order valence-corrected chi connectivity index (χ1v) is 12.5. The maximum atomic E-state index is 12.8. The quantitative estimate of drug-likeness (QED) is 0.332. The highest BCUT2D eigenvalue weighted by Gasteiger charge is 2.28. The fourth-order valence-corrected chi connectivity index (χ4v) is 4.91. The molecule has 1 atom stereocenters. The van der Waals surface area contributed by atoms with Crippen molar-refractivity contribution < 1.29 is 22.8 Å². The molecule has 9 heteroatoms. The van der Waals surface area contributed by atoms with Crippen LogP contribution in [0.25, 0.3) is 0 Å². The minimum atomic E-state index is -3.78. The number of carbonyl (C=O) groups excluding carboxylic acids is 3. The molecule has 0 saturated heterocycles. The lowest BCUT2D eigenvalue weighted by Gasteiger charge is -2.18. The minimum absolute atomic E-state index is 0.146. The Balaban J connectivity index is 1.74. The van der Waals surface area contributed by atoms with Crippen molar-refractivity contribution in [2.75, 3.05) is 12.3 Å². The van der Waals surface area contributed by atoms with Crippen LogP contribution in [0.1, 0.15) is 31.8 Å². The van der Waals surface area contributed by atoms with Gasteiger partial charge in [-0.05, 0) is 17.7 Å². The molecular weight excluding hydrogens is 466 g/mol. The smallest absolute Gasteiger partial charge is 0.251 e. The lowest BCUT2D eigenvalue weighted by atomic mass is 10.0. The van der Waals surface area contributed by atoms with E-state index in [1.165, 1.54) is 24.3 Å². The molecule has 2 N–H and O–H groups in total. The van der Waals surface area contributed by atoms with Crippen LogP contribution in [0.2, 0.25) is 0 Å². The Kier molecular flexibility index (Phi) is 8.48. The highest BCUT2D eigenvalue weighted by atomic mass is 32.2. The molecule has 0 radical (unpaired) electrons. The van der Waals surface area contributed by atoms with Crippen LogP contribution in [0.4, 0.5) is 0 Å². The first-order chi connectivity index (χ1) is 16.8. The van der Waals surface area contributed by atoms with Crippen LogP contribution in [0, 0.1) is 11.3 Å². The van der Waals surface area contributed by atoms with E-state index < -0.39 is 33.4 Å². The predicted octanol–water partition coefficient (Wildman–Crippen LogP) is 2.27. The van der Waals surface area contributed by atoms with E-state index in [0.29, 0.717) is 16.7 Å². The summed E-state index contributed by atoms with van der Waals surface area (Å²) in [5.74, 6) is -2.63. The predicted molar refractivity (Wildman–Crippen MR) is 130 cm³/mol. The molecule has 3 aromatic rings. The van der Waals surface area contributed by atoms with Crippen molar-refractivity contribution in [3.05, 3.63) is 107 Å². The number of rotatable bonds is 10. The van der Waals surface area contributed by atoms with E-state index in [1.54, 1.807) is 66.7 Å². The first-order valence-electron chi connectivity index (χ1n) is 10.7. The molecule has 0 bridgehead atoms. The van der Waals surface area contributed by atoms with E-state index in [-0.39, 0.29) is 23.6 Å². The van der Waals surface area contributed by atoms with Crippen LogP contribution in [-0.4, -0.2) is 44.4 Å². The van der Waals surface area contributed by atoms with Crippen LogP contribution < -0.4 is 10.6 Å². The average molecular weight is 490 g/mol. The summed E-state index contributed by atoms with van der Waals surface area (Å²) in [6.45, 7) is -0.333. The Labute approximate surface area is 203 Å². The summed E-state index contributed by atoms with van der Waals surface area (Å²) in [6, 6.07) is 23.3. The van der Waals surface area contributed by atoms with Gasteiger partial charge in [0, 0.05) is 16.7 Å². The molecule has 35 heavy (non-hydrogen) atoms. The number of sulfone groups is 1. The van der Waals surface area contributed by atoms with Crippen LogP contribution in [0.15, 0.2) is 84.9 Å². The Morgan fingerprint density at radius 3 is 1.94 bits per heavy atom. The maximum Gasteiger partial charge on any atom is 0.251 e. The summed E-state index contributed by atoms with van der Waals surface area (Å²) in [5, 5.41) is 13.5. The molecule has 0 aliphatic rings. The van der Waals surface area contributed by atoms with Crippen LogP contribution in [0.5, 0.6) is 0 Å². The van der Waals surface area contributed by atoms with Gasteiger partial charge >= 0.3 is 0 Å². The molecule has 0 fully saturated rings.